The highest BCUT2D eigenvalue weighted by Gasteiger charge is 2.52. The second kappa shape index (κ2) is 6.65. The van der Waals surface area contributed by atoms with Crippen LogP contribution in [-0.4, -0.2) is 34.4 Å². The first-order valence-electron chi connectivity index (χ1n) is 9.06. The van der Waals surface area contributed by atoms with Gasteiger partial charge in [-0.25, -0.2) is 0 Å². The van der Waals surface area contributed by atoms with Crippen LogP contribution >= 0.6 is 0 Å². The summed E-state index contributed by atoms with van der Waals surface area (Å²) in [5.41, 5.74) is 2.86. The Balaban J connectivity index is 1.95. The predicted octanol–water partition coefficient (Wildman–Crippen LogP) is 4.13. The summed E-state index contributed by atoms with van der Waals surface area (Å²) >= 11 is 0. The number of benzene rings is 1. The lowest BCUT2D eigenvalue weighted by Crippen LogP contribution is -2.57. The maximum Gasteiger partial charge on any atom is 0.471 e. The number of carbonyl (C=O) groups is 2. The van der Waals surface area contributed by atoms with Crippen LogP contribution in [0.4, 0.5) is 18.9 Å². The lowest BCUT2D eigenvalue weighted by molar-refractivity contribution is -0.172. The lowest BCUT2D eigenvalue weighted by atomic mass is 9.94. The van der Waals surface area contributed by atoms with Crippen molar-refractivity contribution in [2.24, 2.45) is 0 Å². The van der Waals surface area contributed by atoms with Crippen molar-refractivity contribution in [3.63, 3.8) is 0 Å². The second-order valence-electron chi connectivity index (χ2n) is 6.96. The Kier molecular flexibility index (Phi) is 4.37. The fraction of sp³-hybridized carbons (Fsp3) is 0.238. The number of aromatic nitrogens is 1. The minimum atomic E-state index is -5.08. The first-order valence-corrected chi connectivity index (χ1v) is 9.06. The Labute approximate surface area is 165 Å². The van der Waals surface area contributed by atoms with Crippen molar-refractivity contribution in [1.29, 1.82) is 0 Å². The van der Waals surface area contributed by atoms with E-state index in [0.717, 1.165) is 16.8 Å². The van der Waals surface area contributed by atoms with E-state index in [9.17, 15) is 22.8 Å². The molecule has 1 aromatic carbocycles. The van der Waals surface area contributed by atoms with Gasteiger partial charge in [-0.15, -0.1) is 0 Å². The van der Waals surface area contributed by atoms with Gasteiger partial charge in [0.05, 0.1) is 16.9 Å². The average molecular weight is 401 g/mol. The summed E-state index contributed by atoms with van der Waals surface area (Å²) in [6, 6.07) is 5.90. The number of alkyl halides is 3. The van der Waals surface area contributed by atoms with Gasteiger partial charge in [0, 0.05) is 12.2 Å². The van der Waals surface area contributed by atoms with Crippen LogP contribution in [0.2, 0.25) is 0 Å². The van der Waals surface area contributed by atoms with Crippen molar-refractivity contribution in [2.75, 3.05) is 11.4 Å². The minimum Gasteiger partial charge on any atom is -0.358 e. The molecule has 0 saturated carbocycles. The van der Waals surface area contributed by atoms with E-state index in [1.54, 1.807) is 25.1 Å². The summed E-state index contributed by atoms with van der Waals surface area (Å²) in [7, 11) is 0. The number of hydrogen-bond donors (Lipinski definition) is 1. The molecule has 5 nitrogen and oxygen atoms in total. The van der Waals surface area contributed by atoms with Gasteiger partial charge in [0.1, 0.15) is 0 Å². The molecule has 0 bridgehead atoms. The van der Waals surface area contributed by atoms with Crippen LogP contribution in [0.15, 0.2) is 43.0 Å². The molecule has 0 saturated heterocycles. The van der Waals surface area contributed by atoms with Gasteiger partial charge in [-0.05, 0) is 36.6 Å². The SMILES string of the molecule is C=C/C=C\c1c(C)[nH]c2c1CCN1C(=O)c3ccccc3N(C(=O)C(F)(F)F)C21. The number of hydrogen-bond acceptors (Lipinski definition) is 2. The van der Waals surface area contributed by atoms with Crippen LogP contribution in [0.1, 0.15) is 39.0 Å². The number of amides is 2. The second-order valence-corrected chi connectivity index (χ2v) is 6.96. The summed E-state index contributed by atoms with van der Waals surface area (Å²) in [6.45, 7) is 5.65. The number of carbonyl (C=O) groups excluding carboxylic acids is 2. The van der Waals surface area contributed by atoms with E-state index < -0.39 is 24.2 Å². The van der Waals surface area contributed by atoms with Crippen molar-refractivity contribution in [3.8, 4) is 0 Å². The fourth-order valence-corrected chi connectivity index (χ4v) is 4.10. The van der Waals surface area contributed by atoms with Gasteiger partial charge < -0.3 is 9.88 Å². The zero-order chi connectivity index (χ0) is 20.9. The molecule has 0 fully saturated rings. The summed E-state index contributed by atoms with van der Waals surface area (Å²) in [5.74, 6) is -2.39. The molecule has 2 aliphatic heterocycles. The van der Waals surface area contributed by atoms with Crippen molar-refractivity contribution in [2.45, 2.75) is 25.7 Å². The molecule has 3 heterocycles. The summed E-state index contributed by atoms with van der Waals surface area (Å²) < 4.78 is 40.5. The molecule has 2 aliphatic rings. The molecule has 0 radical (unpaired) electrons. The highest BCUT2D eigenvalue weighted by Crippen LogP contribution is 2.44. The molecule has 29 heavy (non-hydrogen) atoms. The highest BCUT2D eigenvalue weighted by molar-refractivity contribution is 6.09. The number of aryl methyl sites for hydroxylation is 1. The molecule has 4 rings (SSSR count). The maximum atomic E-state index is 13.5. The summed E-state index contributed by atoms with van der Waals surface area (Å²) in [6.07, 6.45) is -0.628. The van der Waals surface area contributed by atoms with Crippen LogP contribution in [0.25, 0.3) is 6.08 Å². The molecular formula is C21H18F3N3O2. The number of H-pyrrole nitrogens is 1. The van der Waals surface area contributed by atoms with Gasteiger partial charge in [0.25, 0.3) is 5.91 Å². The van der Waals surface area contributed by atoms with E-state index in [1.807, 2.05) is 6.08 Å². The fourth-order valence-electron chi connectivity index (χ4n) is 4.10. The summed E-state index contributed by atoms with van der Waals surface area (Å²) in [5, 5.41) is 0. The van der Waals surface area contributed by atoms with Crippen molar-refractivity contribution >= 4 is 23.6 Å². The number of rotatable bonds is 2. The standard InChI is InChI=1S/C21H18F3N3O2/c1-3-4-7-13-12(2)25-17-14(13)10-11-26-18(17)27(20(29)21(22,23)24)16-9-6-5-8-15(16)19(26)28/h3-9,18,25H,1,10-11H2,2H3/b7-4-. The smallest absolute Gasteiger partial charge is 0.358 e. The van der Waals surface area contributed by atoms with Gasteiger partial charge >= 0.3 is 12.1 Å². The molecule has 2 amide bonds. The quantitative estimate of drug-likeness (QED) is 0.770. The Morgan fingerprint density at radius 1 is 1.31 bits per heavy atom. The molecule has 0 spiro atoms. The minimum absolute atomic E-state index is 0.0376. The molecular weight excluding hydrogens is 383 g/mol. The Bertz CT molecular complexity index is 1050. The molecule has 0 aliphatic carbocycles. The molecule has 8 heteroatoms. The zero-order valence-corrected chi connectivity index (χ0v) is 15.6. The average Bonchev–Trinajstić information content (AvgIpc) is 3.01. The Hall–Kier alpha value is -3.29. The first-order chi connectivity index (χ1) is 13.8. The van der Waals surface area contributed by atoms with Crippen LogP contribution in [0, 0.1) is 6.92 Å². The number of halogens is 3. The van der Waals surface area contributed by atoms with Crippen LogP contribution in [0.5, 0.6) is 0 Å². The predicted molar refractivity (Wildman–Crippen MR) is 102 cm³/mol. The lowest BCUT2D eigenvalue weighted by Gasteiger charge is -2.46. The zero-order valence-electron chi connectivity index (χ0n) is 15.6. The van der Waals surface area contributed by atoms with Crippen molar-refractivity contribution < 1.29 is 22.8 Å². The van der Waals surface area contributed by atoms with E-state index in [-0.39, 0.29) is 17.8 Å². The van der Waals surface area contributed by atoms with Gasteiger partial charge in [-0.3, -0.25) is 14.5 Å². The molecule has 1 atom stereocenters. The third-order valence-electron chi connectivity index (χ3n) is 5.29. The third-order valence-corrected chi connectivity index (χ3v) is 5.29. The van der Waals surface area contributed by atoms with Gasteiger partial charge in [-0.1, -0.05) is 36.9 Å². The molecule has 150 valence electrons. The molecule has 1 N–H and O–H groups in total. The van der Waals surface area contributed by atoms with Crippen LogP contribution in [0.3, 0.4) is 0 Å². The first kappa shape index (κ1) is 19.0. The van der Waals surface area contributed by atoms with Gasteiger partial charge in [0.15, 0.2) is 6.17 Å². The number of para-hydroxylation sites is 1. The van der Waals surface area contributed by atoms with Crippen LogP contribution in [-0.2, 0) is 11.2 Å². The number of fused-ring (bicyclic) bond motifs is 4. The van der Waals surface area contributed by atoms with Crippen molar-refractivity contribution in [3.05, 3.63) is 71.1 Å². The monoisotopic (exact) mass is 401 g/mol. The molecule has 2 aromatic rings. The highest BCUT2D eigenvalue weighted by atomic mass is 19.4. The normalized spacial score (nSPS) is 18.5. The number of nitrogens with one attached hydrogen (secondary N) is 1. The number of aromatic amines is 1. The summed E-state index contributed by atoms with van der Waals surface area (Å²) in [4.78, 5) is 30.6. The van der Waals surface area contributed by atoms with Crippen LogP contribution < -0.4 is 4.90 Å². The third kappa shape index (κ3) is 2.86. The van der Waals surface area contributed by atoms with E-state index in [1.165, 1.54) is 23.1 Å². The number of anilines is 1. The number of allylic oxidation sites excluding steroid dienone is 2. The van der Waals surface area contributed by atoms with Gasteiger partial charge in [-0.2, -0.15) is 13.2 Å². The largest absolute Gasteiger partial charge is 0.471 e. The van der Waals surface area contributed by atoms with E-state index in [0.29, 0.717) is 17.0 Å². The topological polar surface area (TPSA) is 56.4 Å². The van der Waals surface area contributed by atoms with E-state index in [4.69, 9.17) is 0 Å². The van der Waals surface area contributed by atoms with E-state index in [2.05, 4.69) is 11.6 Å². The maximum absolute atomic E-state index is 13.5. The van der Waals surface area contributed by atoms with Crippen molar-refractivity contribution in [1.82, 2.24) is 9.88 Å². The van der Waals surface area contributed by atoms with E-state index >= 15 is 0 Å². The Morgan fingerprint density at radius 2 is 2.03 bits per heavy atom. The Morgan fingerprint density at radius 3 is 2.72 bits per heavy atom. The van der Waals surface area contributed by atoms with Gasteiger partial charge in [0.2, 0.25) is 0 Å². The molecule has 1 aromatic heterocycles. The molecule has 1 unspecified atom stereocenters. The number of nitrogens with zero attached hydrogens (tertiary/aromatic N) is 2.